The van der Waals surface area contributed by atoms with E-state index in [4.69, 9.17) is 10.00 Å². The van der Waals surface area contributed by atoms with Gasteiger partial charge in [0.15, 0.2) is 12.4 Å². The lowest BCUT2D eigenvalue weighted by Crippen LogP contribution is -2.27. The second-order valence-electron chi connectivity index (χ2n) is 5.54. The third-order valence-electron chi connectivity index (χ3n) is 3.42. The average molecular weight is 334 g/mol. The summed E-state index contributed by atoms with van der Waals surface area (Å²) < 4.78 is 5.41. The number of ether oxygens (including phenoxy) is 1. The molecule has 0 N–H and O–H groups in total. The lowest BCUT2D eigenvalue weighted by atomic mass is 10.1. The summed E-state index contributed by atoms with van der Waals surface area (Å²) in [5.41, 5.74) is 1.77. The number of carbonyl (C=O) groups is 2. The van der Waals surface area contributed by atoms with Crippen LogP contribution < -0.4 is 4.74 Å². The minimum atomic E-state index is -0.188. The van der Waals surface area contributed by atoms with Gasteiger partial charge in [0.1, 0.15) is 5.75 Å². The first kappa shape index (κ1) is 18.0. The average Bonchev–Trinajstić information content (AvgIpc) is 2.64. The van der Waals surface area contributed by atoms with Gasteiger partial charge >= 0.3 is 0 Å². The Labute approximate surface area is 146 Å². The minimum Gasteiger partial charge on any atom is -0.484 e. The van der Waals surface area contributed by atoms with E-state index in [1.807, 2.05) is 6.07 Å². The summed E-state index contributed by atoms with van der Waals surface area (Å²) in [5.74, 6) is 0.113. The molecule has 0 spiro atoms. The SMILES string of the molecule is CN(C)C(=O)COc1cccc(C(=O)C=Cc2cccc(C#N)c2)c1. The van der Waals surface area contributed by atoms with E-state index in [0.717, 1.165) is 5.56 Å². The highest BCUT2D eigenvalue weighted by Crippen LogP contribution is 2.15. The smallest absolute Gasteiger partial charge is 0.259 e. The van der Waals surface area contributed by atoms with Crippen molar-refractivity contribution in [2.75, 3.05) is 20.7 Å². The zero-order valence-electron chi connectivity index (χ0n) is 14.1. The molecule has 0 fully saturated rings. The third kappa shape index (κ3) is 5.33. The maximum atomic E-state index is 12.3. The second kappa shape index (κ2) is 8.46. The van der Waals surface area contributed by atoms with Crippen molar-refractivity contribution >= 4 is 17.8 Å². The van der Waals surface area contributed by atoms with Gasteiger partial charge in [-0.15, -0.1) is 0 Å². The van der Waals surface area contributed by atoms with Gasteiger partial charge in [-0.1, -0.05) is 30.3 Å². The first-order valence-electron chi connectivity index (χ1n) is 7.65. The van der Waals surface area contributed by atoms with Gasteiger partial charge in [0, 0.05) is 19.7 Å². The Kier molecular flexibility index (Phi) is 6.08. The Balaban J connectivity index is 2.06. The number of likely N-dealkylation sites (N-methyl/N-ethyl adjacent to an activating group) is 1. The number of allylic oxidation sites excluding steroid dienone is 1. The summed E-state index contributed by atoms with van der Waals surface area (Å²) >= 11 is 0. The summed E-state index contributed by atoms with van der Waals surface area (Å²) in [6.45, 7) is -0.0819. The number of hydrogen-bond acceptors (Lipinski definition) is 4. The molecule has 0 radical (unpaired) electrons. The predicted molar refractivity (Wildman–Crippen MR) is 95.2 cm³/mol. The standard InChI is InChI=1S/C20H18N2O3/c1-22(2)20(24)14-25-18-8-4-7-17(12-18)19(23)10-9-15-5-3-6-16(11-15)13-21/h3-12H,14H2,1-2H3. The number of carbonyl (C=O) groups excluding carboxylic acids is 2. The van der Waals surface area contributed by atoms with Crippen LogP contribution in [-0.4, -0.2) is 37.3 Å². The van der Waals surface area contributed by atoms with Crippen molar-refractivity contribution in [3.63, 3.8) is 0 Å². The van der Waals surface area contributed by atoms with Gasteiger partial charge in [-0.3, -0.25) is 9.59 Å². The predicted octanol–water partition coefficient (Wildman–Crippen LogP) is 2.92. The summed E-state index contributed by atoms with van der Waals surface area (Å²) in [6.07, 6.45) is 3.10. The molecule has 25 heavy (non-hydrogen) atoms. The van der Waals surface area contributed by atoms with E-state index < -0.39 is 0 Å². The zero-order valence-corrected chi connectivity index (χ0v) is 14.1. The molecule has 0 aliphatic carbocycles. The number of amides is 1. The van der Waals surface area contributed by atoms with Gasteiger partial charge in [-0.05, 0) is 35.9 Å². The van der Waals surface area contributed by atoms with Crippen LogP contribution in [0.15, 0.2) is 54.6 Å². The Morgan fingerprint density at radius 2 is 1.92 bits per heavy atom. The van der Waals surface area contributed by atoms with Crippen molar-refractivity contribution in [2.45, 2.75) is 0 Å². The molecule has 0 aromatic heterocycles. The van der Waals surface area contributed by atoms with Crippen molar-refractivity contribution < 1.29 is 14.3 Å². The Morgan fingerprint density at radius 1 is 1.16 bits per heavy atom. The molecule has 5 nitrogen and oxygen atoms in total. The molecule has 0 aliphatic rings. The number of rotatable bonds is 6. The van der Waals surface area contributed by atoms with Crippen molar-refractivity contribution in [2.24, 2.45) is 0 Å². The van der Waals surface area contributed by atoms with Crippen LogP contribution in [0, 0.1) is 11.3 Å². The molecular formula is C20H18N2O3. The molecule has 2 rings (SSSR count). The van der Waals surface area contributed by atoms with Gasteiger partial charge in [0.25, 0.3) is 5.91 Å². The highest BCUT2D eigenvalue weighted by atomic mass is 16.5. The number of nitrogens with zero attached hydrogens (tertiary/aromatic N) is 2. The van der Waals surface area contributed by atoms with Crippen LogP contribution in [0.2, 0.25) is 0 Å². The number of nitriles is 1. The van der Waals surface area contributed by atoms with Crippen LogP contribution in [0.25, 0.3) is 6.08 Å². The molecule has 0 heterocycles. The van der Waals surface area contributed by atoms with E-state index in [1.54, 1.807) is 62.6 Å². The third-order valence-corrected chi connectivity index (χ3v) is 3.42. The summed E-state index contributed by atoms with van der Waals surface area (Å²) in [4.78, 5) is 25.3. The lowest BCUT2D eigenvalue weighted by Gasteiger charge is -2.11. The molecule has 0 saturated heterocycles. The van der Waals surface area contributed by atoms with E-state index in [-0.39, 0.29) is 18.3 Å². The number of ketones is 1. The summed E-state index contributed by atoms with van der Waals surface area (Å²) in [5, 5.41) is 8.89. The molecule has 126 valence electrons. The Hall–Kier alpha value is -3.39. The zero-order chi connectivity index (χ0) is 18.2. The molecule has 2 aromatic carbocycles. The summed E-state index contributed by atoms with van der Waals surface area (Å²) in [7, 11) is 3.30. The molecule has 0 unspecified atom stereocenters. The van der Waals surface area contributed by atoms with E-state index in [0.29, 0.717) is 16.9 Å². The second-order valence-corrected chi connectivity index (χ2v) is 5.54. The molecule has 2 aromatic rings. The quantitative estimate of drug-likeness (QED) is 0.601. The highest BCUT2D eigenvalue weighted by molar-refractivity contribution is 6.07. The minimum absolute atomic E-state index is 0.0819. The van der Waals surface area contributed by atoms with Gasteiger partial charge < -0.3 is 9.64 Å². The van der Waals surface area contributed by atoms with Crippen molar-refractivity contribution in [3.8, 4) is 11.8 Å². The van der Waals surface area contributed by atoms with Gasteiger partial charge in [-0.25, -0.2) is 0 Å². The van der Waals surface area contributed by atoms with Crippen molar-refractivity contribution in [3.05, 3.63) is 71.3 Å². The molecule has 1 amide bonds. The Morgan fingerprint density at radius 3 is 2.64 bits per heavy atom. The lowest BCUT2D eigenvalue weighted by molar-refractivity contribution is -0.130. The first-order valence-corrected chi connectivity index (χ1v) is 7.65. The molecule has 5 heteroatoms. The highest BCUT2D eigenvalue weighted by Gasteiger charge is 2.07. The molecule has 0 bridgehead atoms. The largest absolute Gasteiger partial charge is 0.484 e. The molecular weight excluding hydrogens is 316 g/mol. The van der Waals surface area contributed by atoms with Crippen LogP contribution in [0.5, 0.6) is 5.75 Å². The number of hydrogen-bond donors (Lipinski definition) is 0. The maximum absolute atomic E-state index is 12.3. The van der Waals surface area contributed by atoms with Gasteiger partial charge in [0.05, 0.1) is 11.6 Å². The fourth-order valence-electron chi connectivity index (χ4n) is 1.99. The van der Waals surface area contributed by atoms with Gasteiger partial charge in [-0.2, -0.15) is 5.26 Å². The fourth-order valence-corrected chi connectivity index (χ4v) is 1.99. The Bertz CT molecular complexity index is 848. The van der Waals surface area contributed by atoms with Gasteiger partial charge in [0.2, 0.25) is 0 Å². The summed E-state index contributed by atoms with van der Waals surface area (Å²) in [6, 6.07) is 15.7. The van der Waals surface area contributed by atoms with Crippen molar-refractivity contribution in [1.29, 1.82) is 5.26 Å². The normalized spacial score (nSPS) is 10.3. The molecule has 0 aliphatic heterocycles. The topological polar surface area (TPSA) is 70.4 Å². The van der Waals surface area contributed by atoms with Crippen LogP contribution in [0.3, 0.4) is 0 Å². The fraction of sp³-hybridized carbons (Fsp3) is 0.150. The monoisotopic (exact) mass is 334 g/mol. The van der Waals surface area contributed by atoms with E-state index >= 15 is 0 Å². The van der Waals surface area contributed by atoms with E-state index in [9.17, 15) is 9.59 Å². The van der Waals surface area contributed by atoms with Crippen LogP contribution in [0.1, 0.15) is 21.5 Å². The van der Waals surface area contributed by atoms with Crippen LogP contribution >= 0.6 is 0 Å². The van der Waals surface area contributed by atoms with Crippen LogP contribution in [-0.2, 0) is 4.79 Å². The number of benzene rings is 2. The van der Waals surface area contributed by atoms with Crippen LogP contribution in [0.4, 0.5) is 0 Å². The van der Waals surface area contributed by atoms with Crippen molar-refractivity contribution in [1.82, 2.24) is 4.90 Å². The first-order chi connectivity index (χ1) is 12.0. The molecule has 0 atom stereocenters. The maximum Gasteiger partial charge on any atom is 0.259 e. The van der Waals surface area contributed by atoms with E-state index in [1.165, 1.54) is 11.0 Å². The molecule has 0 saturated carbocycles. The van der Waals surface area contributed by atoms with E-state index in [2.05, 4.69) is 6.07 Å².